The minimum atomic E-state index is -3.48. The summed E-state index contributed by atoms with van der Waals surface area (Å²) in [6.07, 6.45) is 3.44. The molecule has 1 N–H and O–H groups in total. The van der Waals surface area contributed by atoms with Crippen LogP contribution in [0.2, 0.25) is 0 Å². The molecule has 38 heavy (non-hydrogen) atoms. The number of pyridine rings is 2. The monoisotopic (exact) mass is 558 g/mol. The summed E-state index contributed by atoms with van der Waals surface area (Å²) in [7, 11) is -3.48. The van der Waals surface area contributed by atoms with Gasteiger partial charge in [-0.3, -0.25) is 13.9 Å². The third-order valence-corrected chi connectivity index (χ3v) is 7.98. The van der Waals surface area contributed by atoms with Crippen molar-refractivity contribution in [2.24, 2.45) is 0 Å². The van der Waals surface area contributed by atoms with Crippen molar-refractivity contribution >= 4 is 38.7 Å². The highest BCUT2D eigenvalue weighted by Crippen LogP contribution is 2.40. The standard InChI is InChI=1S/C25H27FN6O4S2/c1-5-17-19(7-8-20(28-17)30-38(4,34)35)36-13-22(33)31-11-10-18-23(24(31)25-14(2)27-15(3)37-25)32-12-16(26)6-9-21(32)29-18/h6-9,12,24H,5,10-11,13H2,1-4H3,(H,28,30). The molecule has 0 fully saturated rings. The van der Waals surface area contributed by atoms with Gasteiger partial charge in [0.25, 0.3) is 5.91 Å². The first kappa shape index (κ1) is 26.0. The number of fused-ring (bicyclic) bond motifs is 3. The summed E-state index contributed by atoms with van der Waals surface area (Å²) < 4.78 is 47.3. The first-order valence-electron chi connectivity index (χ1n) is 12.0. The first-order chi connectivity index (χ1) is 18.0. The van der Waals surface area contributed by atoms with E-state index in [2.05, 4.69) is 14.7 Å². The maximum absolute atomic E-state index is 14.2. The van der Waals surface area contributed by atoms with Crippen LogP contribution >= 0.6 is 11.3 Å². The largest absolute Gasteiger partial charge is 0.482 e. The fourth-order valence-corrected chi connectivity index (χ4v) is 6.28. The summed E-state index contributed by atoms with van der Waals surface area (Å²) in [4.78, 5) is 29.9. The highest BCUT2D eigenvalue weighted by Gasteiger charge is 2.38. The molecule has 4 aromatic heterocycles. The second kappa shape index (κ2) is 9.95. The van der Waals surface area contributed by atoms with Crippen LogP contribution in [0.25, 0.3) is 5.65 Å². The number of anilines is 1. The molecule has 5 rings (SSSR count). The Labute approximate surface area is 223 Å². The summed E-state index contributed by atoms with van der Waals surface area (Å²) in [5, 5.41) is 0.870. The lowest BCUT2D eigenvalue weighted by molar-refractivity contribution is -0.135. The van der Waals surface area contributed by atoms with Crippen molar-refractivity contribution in [3.8, 4) is 5.75 Å². The van der Waals surface area contributed by atoms with Crippen molar-refractivity contribution in [3.63, 3.8) is 0 Å². The van der Waals surface area contributed by atoms with Gasteiger partial charge in [-0.15, -0.1) is 11.3 Å². The van der Waals surface area contributed by atoms with Crippen molar-refractivity contribution in [2.45, 2.75) is 39.7 Å². The number of rotatable bonds is 7. The Balaban J connectivity index is 1.46. The van der Waals surface area contributed by atoms with Gasteiger partial charge < -0.3 is 9.64 Å². The minimum absolute atomic E-state index is 0.183. The Kier molecular flexibility index (Phi) is 6.82. The summed E-state index contributed by atoms with van der Waals surface area (Å²) in [6, 6.07) is 5.60. The number of carbonyl (C=O) groups excluding carboxylic acids is 1. The van der Waals surface area contributed by atoms with Crippen LogP contribution in [-0.2, 0) is 27.7 Å². The lowest BCUT2D eigenvalue weighted by Gasteiger charge is -2.35. The lowest BCUT2D eigenvalue weighted by atomic mass is 10.00. The molecule has 0 radical (unpaired) electrons. The van der Waals surface area contributed by atoms with Gasteiger partial charge in [0, 0.05) is 19.2 Å². The number of halogens is 1. The van der Waals surface area contributed by atoms with E-state index >= 15 is 0 Å². The van der Waals surface area contributed by atoms with E-state index in [1.165, 1.54) is 29.7 Å². The van der Waals surface area contributed by atoms with E-state index in [0.717, 1.165) is 33.2 Å². The van der Waals surface area contributed by atoms with Gasteiger partial charge in [0.1, 0.15) is 29.1 Å². The summed E-state index contributed by atoms with van der Waals surface area (Å²) in [5.41, 5.74) is 3.52. The van der Waals surface area contributed by atoms with E-state index in [9.17, 15) is 17.6 Å². The highest BCUT2D eigenvalue weighted by atomic mass is 32.2. The minimum Gasteiger partial charge on any atom is -0.482 e. The number of aromatic nitrogens is 4. The van der Waals surface area contributed by atoms with Crippen LogP contribution in [0.3, 0.4) is 0 Å². The number of imidazole rings is 1. The number of thiazole rings is 1. The normalized spacial score (nSPS) is 15.5. The molecule has 1 unspecified atom stereocenters. The van der Waals surface area contributed by atoms with Crippen LogP contribution in [0, 0.1) is 19.7 Å². The Hall–Kier alpha value is -3.58. The molecule has 0 spiro atoms. The van der Waals surface area contributed by atoms with Gasteiger partial charge in [-0.2, -0.15) is 0 Å². The Morgan fingerprint density at radius 3 is 2.68 bits per heavy atom. The van der Waals surface area contributed by atoms with E-state index in [-0.39, 0.29) is 18.3 Å². The summed E-state index contributed by atoms with van der Waals surface area (Å²) in [6.45, 7) is 5.85. The Morgan fingerprint density at radius 2 is 2.00 bits per heavy atom. The van der Waals surface area contributed by atoms with Gasteiger partial charge in [0.2, 0.25) is 10.0 Å². The lowest BCUT2D eigenvalue weighted by Crippen LogP contribution is -2.43. The Morgan fingerprint density at radius 1 is 1.21 bits per heavy atom. The number of hydrogen-bond acceptors (Lipinski definition) is 8. The van der Waals surface area contributed by atoms with Crippen molar-refractivity contribution in [3.05, 3.63) is 68.9 Å². The molecule has 0 saturated heterocycles. The molecule has 0 aromatic carbocycles. The van der Waals surface area contributed by atoms with Gasteiger partial charge in [-0.05, 0) is 44.5 Å². The molecular weight excluding hydrogens is 531 g/mol. The number of amides is 1. The molecule has 1 aliphatic rings. The number of nitrogens with zero attached hydrogens (tertiary/aromatic N) is 5. The fourth-order valence-electron chi connectivity index (χ4n) is 4.74. The van der Waals surface area contributed by atoms with Crippen molar-refractivity contribution in [1.29, 1.82) is 0 Å². The zero-order chi connectivity index (χ0) is 27.2. The molecule has 10 nitrogen and oxygen atoms in total. The summed E-state index contributed by atoms with van der Waals surface area (Å²) in [5.74, 6) is -0.0648. The van der Waals surface area contributed by atoms with Crippen LogP contribution in [0.5, 0.6) is 5.75 Å². The molecule has 1 aliphatic heterocycles. The van der Waals surface area contributed by atoms with Crippen molar-refractivity contribution in [1.82, 2.24) is 24.3 Å². The quantitative estimate of drug-likeness (QED) is 0.369. The maximum atomic E-state index is 14.2. The first-order valence-corrected chi connectivity index (χ1v) is 14.7. The molecule has 1 amide bonds. The summed E-state index contributed by atoms with van der Waals surface area (Å²) >= 11 is 1.50. The smallest absolute Gasteiger partial charge is 0.261 e. The van der Waals surface area contributed by atoms with Crippen LogP contribution < -0.4 is 9.46 Å². The molecule has 0 bridgehead atoms. The zero-order valence-corrected chi connectivity index (χ0v) is 23.0. The fraction of sp³-hybridized carbons (Fsp3) is 0.360. The molecule has 5 heterocycles. The second-order valence-corrected chi connectivity index (χ2v) is 12.1. The molecule has 4 aromatic rings. The molecule has 200 valence electrons. The molecule has 13 heteroatoms. The topological polar surface area (TPSA) is 119 Å². The second-order valence-electron chi connectivity index (χ2n) is 9.10. The zero-order valence-electron chi connectivity index (χ0n) is 21.4. The third-order valence-electron chi connectivity index (χ3n) is 6.27. The van der Waals surface area contributed by atoms with Crippen molar-refractivity contribution < 1.29 is 22.3 Å². The van der Waals surface area contributed by atoms with Crippen LogP contribution in [-0.4, -0.2) is 58.0 Å². The van der Waals surface area contributed by atoms with Gasteiger partial charge in [-0.25, -0.2) is 27.8 Å². The third kappa shape index (κ3) is 5.07. The predicted octanol–water partition coefficient (Wildman–Crippen LogP) is 3.43. The number of aryl methyl sites for hydroxylation is 3. The van der Waals surface area contributed by atoms with E-state index in [4.69, 9.17) is 9.72 Å². The average molecular weight is 559 g/mol. The van der Waals surface area contributed by atoms with Gasteiger partial charge >= 0.3 is 0 Å². The number of nitrogens with one attached hydrogen (secondary N) is 1. The highest BCUT2D eigenvalue weighted by molar-refractivity contribution is 7.92. The van der Waals surface area contributed by atoms with Crippen molar-refractivity contribution in [2.75, 3.05) is 24.1 Å². The van der Waals surface area contributed by atoms with Crippen LogP contribution in [0.4, 0.5) is 10.2 Å². The van der Waals surface area contributed by atoms with E-state index in [1.54, 1.807) is 21.4 Å². The van der Waals surface area contributed by atoms with Crippen LogP contribution in [0.1, 0.15) is 45.6 Å². The Bertz CT molecular complexity index is 1650. The predicted molar refractivity (Wildman–Crippen MR) is 142 cm³/mol. The molecule has 0 aliphatic carbocycles. The van der Waals surface area contributed by atoms with Gasteiger partial charge in [0.15, 0.2) is 6.61 Å². The average Bonchev–Trinajstić information content (AvgIpc) is 3.39. The molecule has 0 saturated carbocycles. The number of sulfonamides is 1. The number of hydrogen-bond donors (Lipinski definition) is 1. The van der Waals surface area contributed by atoms with Gasteiger partial charge in [0.05, 0.1) is 38.9 Å². The van der Waals surface area contributed by atoms with E-state index in [1.807, 2.05) is 20.8 Å². The van der Waals surface area contributed by atoms with E-state index < -0.39 is 21.9 Å². The number of carbonyl (C=O) groups is 1. The maximum Gasteiger partial charge on any atom is 0.261 e. The van der Waals surface area contributed by atoms with E-state index in [0.29, 0.717) is 36.5 Å². The molecule has 1 atom stereocenters. The van der Waals surface area contributed by atoms with Crippen LogP contribution in [0.15, 0.2) is 30.5 Å². The number of ether oxygens (including phenoxy) is 1. The molecular formula is C25H27FN6O4S2. The SMILES string of the molecule is CCc1nc(NS(C)(=O)=O)ccc1OCC(=O)N1CCc2nc3ccc(F)cn3c2C1c1sc(C)nc1C. The van der Waals surface area contributed by atoms with Gasteiger partial charge in [-0.1, -0.05) is 6.92 Å².